The number of aliphatic hydroxyl groups is 1. The average Bonchev–Trinajstić information content (AvgIpc) is 2.30. The molecule has 1 aliphatic heterocycles. The molecule has 0 spiro atoms. The lowest BCUT2D eigenvalue weighted by Crippen LogP contribution is -2.15. The molecular formula is C8H10O3. The van der Waals surface area contributed by atoms with Gasteiger partial charge in [0.2, 0.25) is 5.76 Å². The molecule has 1 aliphatic carbocycles. The number of hydrogen-bond donors (Lipinski definition) is 1. The molecule has 60 valence electrons. The lowest BCUT2D eigenvalue weighted by Gasteiger charge is -2.17. The van der Waals surface area contributed by atoms with Crippen LogP contribution in [0, 0.1) is 0 Å². The number of fused-ring (bicyclic) bond motifs is 1. The van der Waals surface area contributed by atoms with Crippen LogP contribution in [0.25, 0.3) is 0 Å². The number of carbonyl (C=O) groups is 1. The molecular weight excluding hydrogens is 144 g/mol. The molecule has 3 nitrogen and oxygen atoms in total. The maximum atomic E-state index is 10.8. The van der Waals surface area contributed by atoms with Crippen LogP contribution in [0.1, 0.15) is 25.7 Å². The van der Waals surface area contributed by atoms with Gasteiger partial charge < -0.3 is 9.84 Å². The molecule has 11 heavy (non-hydrogen) atoms. The van der Waals surface area contributed by atoms with Crippen molar-refractivity contribution in [3.05, 3.63) is 11.3 Å². The number of esters is 1. The fourth-order valence-electron chi connectivity index (χ4n) is 1.70. The van der Waals surface area contributed by atoms with Gasteiger partial charge in [-0.25, -0.2) is 4.79 Å². The van der Waals surface area contributed by atoms with Crippen molar-refractivity contribution < 1.29 is 14.6 Å². The summed E-state index contributed by atoms with van der Waals surface area (Å²) in [7, 11) is 0. The van der Waals surface area contributed by atoms with Crippen molar-refractivity contribution >= 4 is 5.97 Å². The molecule has 0 aromatic rings. The topological polar surface area (TPSA) is 46.5 Å². The number of carbonyl (C=O) groups excluding carboxylic acids is 1. The zero-order chi connectivity index (χ0) is 7.84. The molecule has 0 radical (unpaired) electrons. The molecule has 2 aliphatic rings. The molecule has 0 saturated heterocycles. The van der Waals surface area contributed by atoms with Crippen molar-refractivity contribution in [1.29, 1.82) is 0 Å². The van der Waals surface area contributed by atoms with E-state index in [1.165, 1.54) is 0 Å². The third-order valence-corrected chi connectivity index (χ3v) is 2.30. The van der Waals surface area contributed by atoms with Crippen LogP contribution in [-0.4, -0.2) is 17.2 Å². The van der Waals surface area contributed by atoms with Crippen LogP contribution in [0.5, 0.6) is 0 Å². The van der Waals surface area contributed by atoms with Crippen molar-refractivity contribution in [2.24, 2.45) is 0 Å². The second-order valence-electron chi connectivity index (χ2n) is 3.01. The van der Waals surface area contributed by atoms with Crippen molar-refractivity contribution in [2.75, 3.05) is 0 Å². The van der Waals surface area contributed by atoms with E-state index in [4.69, 9.17) is 4.74 Å². The highest BCUT2D eigenvalue weighted by Crippen LogP contribution is 2.33. The summed E-state index contributed by atoms with van der Waals surface area (Å²) >= 11 is 0. The Morgan fingerprint density at radius 1 is 1.45 bits per heavy atom. The second kappa shape index (κ2) is 2.26. The maximum Gasteiger partial charge on any atom is 0.374 e. The predicted octanol–water partition coefficient (Wildman–Crippen LogP) is 1.30. The Labute approximate surface area is 64.7 Å². The van der Waals surface area contributed by atoms with Gasteiger partial charge in [0.05, 0.1) is 0 Å². The van der Waals surface area contributed by atoms with E-state index in [2.05, 4.69) is 0 Å². The first-order valence-corrected chi connectivity index (χ1v) is 3.92. The highest BCUT2D eigenvalue weighted by atomic mass is 16.6. The molecule has 1 fully saturated rings. The van der Waals surface area contributed by atoms with Crippen molar-refractivity contribution in [1.82, 2.24) is 0 Å². The van der Waals surface area contributed by atoms with E-state index in [0.29, 0.717) is 0 Å². The zero-order valence-corrected chi connectivity index (χ0v) is 6.17. The van der Waals surface area contributed by atoms with Crippen molar-refractivity contribution in [3.63, 3.8) is 0 Å². The summed E-state index contributed by atoms with van der Waals surface area (Å²) in [5.41, 5.74) is 0.821. The van der Waals surface area contributed by atoms with Gasteiger partial charge in [-0.05, 0) is 25.7 Å². The van der Waals surface area contributed by atoms with Gasteiger partial charge in [-0.1, -0.05) is 0 Å². The summed E-state index contributed by atoms with van der Waals surface area (Å²) in [6.07, 6.45) is 3.76. The Morgan fingerprint density at radius 3 is 3.00 bits per heavy atom. The minimum Gasteiger partial charge on any atom is -0.502 e. The van der Waals surface area contributed by atoms with Crippen LogP contribution in [0.2, 0.25) is 0 Å². The summed E-state index contributed by atoms with van der Waals surface area (Å²) in [6, 6.07) is 0. The standard InChI is InChI=1S/C8H10O3/c9-7-5-3-1-2-4-6(5)11-8(7)10/h6,9H,1-4H2. The SMILES string of the molecule is O=C1OC2CCCCC2=C1O. The number of rotatable bonds is 0. The van der Waals surface area contributed by atoms with Crippen LogP contribution in [-0.2, 0) is 9.53 Å². The number of ether oxygens (including phenoxy) is 1. The maximum absolute atomic E-state index is 10.8. The molecule has 2 rings (SSSR count). The monoisotopic (exact) mass is 154 g/mol. The van der Waals surface area contributed by atoms with Crippen LogP contribution in [0.3, 0.4) is 0 Å². The highest BCUT2D eigenvalue weighted by Gasteiger charge is 2.35. The van der Waals surface area contributed by atoms with Crippen molar-refractivity contribution in [3.8, 4) is 0 Å². The first-order chi connectivity index (χ1) is 5.29. The quantitative estimate of drug-likeness (QED) is 0.535. The van der Waals surface area contributed by atoms with Crippen LogP contribution in [0.15, 0.2) is 11.3 Å². The van der Waals surface area contributed by atoms with Gasteiger partial charge in [-0.3, -0.25) is 0 Å². The minimum absolute atomic E-state index is 0.101. The molecule has 1 saturated carbocycles. The molecule has 3 heteroatoms. The van der Waals surface area contributed by atoms with Gasteiger partial charge in [-0.15, -0.1) is 0 Å². The number of aliphatic hydroxyl groups excluding tert-OH is 1. The molecule has 0 bridgehead atoms. The van der Waals surface area contributed by atoms with E-state index in [-0.39, 0.29) is 11.9 Å². The minimum atomic E-state index is -0.535. The fourth-order valence-corrected chi connectivity index (χ4v) is 1.70. The zero-order valence-electron chi connectivity index (χ0n) is 6.17. The lowest BCUT2D eigenvalue weighted by molar-refractivity contribution is -0.142. The van der Waals surface area contributed by atoms with Gasteiger partial charge >= 0.3 is 5.97 Å². The first-order valence-electron chi connectivity index (χ1n) is 3.92. The van der Waals surface area contributed by atoms with Gasteiger partial charge in [0.25, 0.3) is 0 Å². The summed E-state index contributed by atoms with van der Waals surface area (Å²) in [6.45, 7) is 0. The van der Waals surface area contributed by atoms with Gasteiger partial charge in [0.1, 0.15) is 6.10 Å². The Balaban J connectivity index is 2.28. The van der Waals surface area contributed by atoms with E-state index in [1.807, 2.05) is 0 Å². The van der Waals surface area contributed by atoms with E-state index in [9.17, 15) is 9.90 Å². The second-order valence-corrected chi connectivity index (χ2v) is 3.01. The predicted molar refractivity (Wildman–Crippen MR) is 38.0 cm³/mol. The number of hydrogen-bond acceptors (Lipinski definition) is 3. The molecule has 1 unspecified atom stereocenters. The fraction of sp³-hybridized carbons (Fsp3) is 0.625. The van der Waals surface area contributed by atoms with E-state index >= 15 is 0 Å². The Hall–Kier alpha value is -0.990. The largest absolute Gasteiger partial charge is 0.502 e. The van der Waals surface area contributed by atoms with Crippen LogP contribution in [0.4, 0.5) is 0 Å². The lowest BCUT2D eigenvalue weighted by atomic mass is 9.92. The summed E-state index contributed by atoms with van der Waals surface area (Å²) in [4.78, 5) is 10.8. The Morgan fingerprint density at radius 2 is 2.27 bits per heavy atom. The van der Waals surface area contributed by atoms with Gasteiger partial charge in [0.15, 0.2) is 0 Å². The van der Waals surface area contributed by atoms with E-state index in [0.717, 1.165) is 31.3 Å². The molecule has 1 N–H and O–H groups in total. The Kier molecular flexibility index (Phi) is 1.37. The third-order valence-electron chi connectivity index (χ3n) is 2.30. The third kappa shape index (κ3) is 0.914. The van der Waals surface area contributed by atoms with Gasteiger partial charge in [0, 0.05) is 5.57 Å². The molecule has 1 atom stereocenters. The molecule has 0 aromatic heterocycles. The van der Waals surface area contributed by atoms with Crippen LogP contribution >= 0.6 is 0 Å². The summed E-state index contributed by atoms with van der Waals surface area (Å²) < 4.78 is 4.91. The molecule has 0 amide bonds. The molecule has 1 heterocycles. The Bertz CT molecular complexity index is 229. The molecule has 0 aromatic carbocycles. The van der Waals surface area contributed by atoms with Crippen molar-refractivity contribution in [2.45, 2.75) is 31.8 Å². The smallest absolute Gasteiger partial charge is 0.374 e. The normalized spacial score (nSPS) is 30.2. The van der Waals surface area contributed by atoms with Crippen LogP contribution < -0.4 is 0 Å². The van der Waals surface area contributed by atoms with E-state index in [1.54, 1.807) is 0 Å². The van der Waals surface area contributed by atoms with Gasteiger partial charge in [-0.2, -0.15) is 0 Å². The summed E-state index contributed by atoms with van der Waals surface area (Å²) in [5.74, 6) is -0.665. The summed E-state index contributed by atoms with van der Waals surface area (Å²) in [5, 5.41) is 9.20. The first kappa shape index (κ1) is 6.70. The highest BCUT2D eigenvalue weighted by molar-refractivity contribution is 5.89. The van der Waals surface area contributed by atoms with E-state index < -0.39 is 5.97 Å². The average molecular weight is 154 g/mol.